The van der Waals surface area contributed by atoms with E-state index in [1.165, 1.54) is 0 Å². The average molecular weight is 362 g/mol. The minimum absolute atomic E-state index is 0. The second-order valence-corrected chi connectivity index (χ2v) is 3.92. The highest BCUT2D eigenvalue weighted by atomic mass is 16.4. The van der Waals surface area contributed by atoms with Crippen LogP contribution in [-0.2, 0) is 19.8 Å². The number of aromatic hydroxyl groups is 2. The van der Waals surface area contributed by atoms with Crippen molar-refractivity contribution in [2.24, 2.45) is 0 Å². The van der Waals surface area contributed by atoms with Crippen molar-refractivity contribution in [1.29, 1.82) is 0 Å². The summed E-state index contributed by atoms with van der Waals surface area (Å²) in [6.45, 7) is -1.35. The number of hydrogen-bond donors (Lipinski definition) is 5. The van der Waals surface area contributed by atoms with Gasteiger partial charge in [-0.15, -0.1) is 0 Å². The van der Waals surface area contributed by atoms with Gasteiger partial charge in [-0.1, -0.05) is 22.3 Å². The van der Waals surface area contributed by atoms with Crippen molar-refractivity contribution in [2.75, 3.05) is 0 Å². The van der Waals surface area contributed by atoms with Gasteiger partial charge in [0, 0.05) is 12.1 Å². The van der Waals surface area contributed by atoms with Gasteiger partial charge in [0.2, 0.25) is 16.6 Å². The van der Waals surface area contributed by atoms with E-state index in [0.717, 1.165) is 18.4 Å². The Balaban J connectivity index is -0.000000350. The Morgan fingerprint density at radius 2 is 1.32 bits per heavy atom. The number of hydrogen-bond acceptors (Lipinski definition) is 9. The average Bonchev–Trinajstić information content (AvgIpc) is 2.53. The summed E-state index contributed by atoms with van der Waals surface area (Å²) >= 11 is 0. The van der Waals surface area contributed by atoms with Gasteiger partial charge < -0.3 is 34.4 Å². The van der Waals surface area contributed by atoms with Gasteiger partial charge in [-0.2, -0.15) is 0 Å². The molecule has 25 heavy (non-hydrogen) atoms. The van der Waals surface area contributed by atoms with Gasteiger partial charge in [0.05, 0.1) is 0 Å². The van der Waals surface area contributed by atoms with Crippen molar-refractivity contribution in [3.8, 4) is 11.5 Å². The summed E-state index contributed by atoms with van der Waals surface area (Å²) in [5.41, 5.74) is -1.22. The molecule has 0 aliphatic rings. The van der Waals surface area contributed by atoms with Crippen LogP contribution >= 0.6 is 0 Å². The molecule has 0 atom stereocenters. The normalized spacial score (nSPS) is 8.76. The summed E-state index contributed by atoms with van der Waals surface area (Å²) in [7, 11) is 0. The lowest BCUT2D eigenvalue weighted by atomic mass is 10.3. The van der Waals surface area contributed by atoms with Gasteiger partial charge in [0.15, 0.2) is 11.5 Å². The van der Waals surface area contributed by atoms with Crippen molar-refractivity contribution in [3.63, 3.8) is 0 Å². The van der Waals surface area contributed by atoms with E-state index < -0.39 is 35.6 Å². The number of rotatable bonds is 3. The molecule has 0 bridgehead atoms. The van der Waals surface area contributed by atoms with Crippen LogP contribution < -0.4 is 10.9 Å². The largest absolute Gasteiger partial charge is 0.502 e. The van der Waals surface area contributed by atoms with Crippen LogP contribution in [0.1, 0.15) is 39.6 Å². The molecule has 9 heteroatoms. The van der Waals surface area contributed by atoms with E-state index in [2.05, 4.69) is 4.42 Å². The summed E-state index contributed by atoms with van der Waals surface area (Å²) in [5.74, 6) is -1.14. The maximum absolute atomic E-state index is 10.8. The third kappa shape index (κ3) is 7.66. The summed E-state index contributed by atoms with van der Waals surface area (Å²) in [6, 6.07) is 2.00. The fourth-order valence-corrected chi connectivity index (χ4v) is 1.30. The maximum atomic E-state index is 10.8. The van der Waals surface area contributed by atoms with Crippen molar-refractivity contribution in [1.82, 2.24) is 0 Å². The molecule has 0 aromatic carbocycles. The van der Waals surface area contributed by atoms with Crippen LogP contribution in [0.3, 0.4) is 0 Å². The zero-order chi connectivity index (χ0) is 16.7. The molecule has 2 aromatic heterocycles. The van der Waals surface area contributed by atoms with E-state index in [4.69, 9.17) is 29.9 Å². The monoisotopic (exact) mass is 362 g/mol. The zero-order valence-electron chi connectivity index (χ0n) is 11.2. The highest BCUT2D eigenvalue weighted by Crippen LogP contribution is 2.12. The Hall–Kier alpha value is -2.62. The van der Waals surface area contributed by atoms with E-state index in [1.807, 2.05) is 0 Å². The van der Waals surface area contributed by atoms with Crippen LogP contribution in [0.25, 0.3) is 0 Å². The fraction of sp³-hybridized carbons (Fsp3) is 0.375. The Bertz CT molecular complexity index is 731. The van der Waals surface area contributed by atoms with E-state index in [0.29, 0.717) is 0 Å². The second-order valence-electron chi connectivity index (χ2n) is 3.92. The van der Waals surface area contributed by atoms with Gasteiger partial charge in [0.1, 0.15) is 37.6 Å². The molecule has 0 unspecified atom stereocenters. The standard InChI is InChI=1S/C7H8O5.C6H6O4.3CH4/c8-2-4-1-5(10)7(11)6(3-9)12-4;7-2-4-1-5(8)6(9)3-10-4;;;/h1,8-9,11H,2-3H2;1,3,7,9H,2H2;3*1H4. The lowest BCUT2D eigenvalue weighted by Crippen LogP contribution is -2.04. The molecule has 144 valence electrons. The highest BCUT2D eigenvalue weighted by molar-refractivity contribution is 5.24. The molecule has 0 saturated heterocycles. The van der Waals surface area contributed by atoms with Crippen LogP contribution in [-0.4, -0.2) is 25.5 Å². The summed E-state index contributed by atoms with van der Waals surface area (Å²) < 4.78 is 9.33. The molecule has 0 amide bonds. The molecule has 2 heterocycles. The number of aliphatic hydroxyl groups excluding tert-OH is 3. The number of aliphatic hydroxyl groups is 3. The smallest absolute Gasteiger partial charge is 0.227 e. The van der Waals surface area contributed by atoms with Crippen LogP contribution in [0.5, 0.6) is 11.5 Å². The summed E-state index contributed by atoms with van der Waals surface area (Å²) in [6.07, 6.45) is 0.897. The quantitative estimate of drug-likeness (QED) is 0.537. The first-order chi connectivity index (χ1) is 10.4. The third-order valence-electron chi connectivity index (χ3n) is 2.37. The van der Waals surface area contributed by atoms with Crippen LogP contribution in [0.15, 0.2) is 36.8 Å². The second kappa shape index (κ2) is 12.8. The molecule has 2 rings (SSSR count). The first-order valence-electron chi connectivity index (χ1n) is 5.91. The van der Waals surface area contributed by atoms with Crippen molar-refractivity contribution in [3.05, 3.63) is 56.1 Å². The van der Waals surface area contributed by atoms with Crippen LogP contribution in [0, 0.1) is 0 Å². The van der Waals surface area contributed by atoms with Crippen molar-refractivity contribution in [2.45, 2.75) is 42.1 Å². The van der Waals surface area contributed by atoms with E-state index in [9.17, 15) is 9.59 Å². The molecular formula is C16H26O9. The minimum atomic E-state index is -0.672. The van der Waals surface area contributed by atoms with Gasteiger partial charge in [-0.05, 0) is 0 Å². The molecular weight excluding hydrogens is 336 g/mol. The molecule has 0 spiro atoms. The Labute approximate surface area is 145 Å². The van der Waals surface area contributed by atoms with Crippen LogP contribution in [0.4, 0.5) is 0 Å². The molecule has 0 radical (unpaired) electrons. The molecule has 0 aliphatic carbocycles. The lowest BCUT2D eigenvalue weighted by molar-refractivity contribution is 0.200. The summed E-state index contributed by atoms with van der Waals surface area (Å²) in [4.78, 5) is 21.4. The molecule has 9 nitrogen and oxygen atoms in total. The van der Waals surface area contributed by atoms with E-state index in [-0.39, 0.29) is 46.2 Å². The van der Waals surface area contributed by atoms with Crippen molar-refractivity contribution < 1.29 is 34.4 Å². The van der Waals surface area contributed by atoms with Gasteiger partial charge in [-0.3, -0.25) is 9.59 Å². The van der Waals surface area contributed by atoms with E-state index in [1.54, 1.807) is 0 Å². The molecule has 5 N–H and O–H groups in total. The van der Waals surface area contributed by atoms with Gasteiger partial charge in [-0.25, -0.2) is 0 Å². The molecule has 0 saturated carbocycles. The topological polar surface area (TPSA) is 162 Å². The Morgan fingerprint density at radius 3 is 1.76 bits per heavy atom. The van der Waals surface area contributed by atoms with Gasteiger partial charge >= 0.3 is 0 Å². The Morgan fingerprint density at radius 1 is 0.800 bits per heavy atom. The van der Waals surface area contributed by atoms with Crippen LogP contribution in [0.2, 0.25) is 0 Å². The first-order valence-corrected chi connectivity index (χ1v) is 5.91. The van der Waals surface area contributed by atoms with Crippen molar-refractivity contribution >= 4 is 0 Å². The minimum Gasteiger partial charge on any atom is -0.502 e. The predicted molar refractivity (Wildman–Crippen MR) is 91.2 cm³/mol. The highest BCUT2D eigenvalue weighted by Gasteiger charge is 2.08. The van der Waals surface area contributed by atoms with E-state index >= 15 is 0 Å². The fourth-order valence-electron chi connectivity index (χ4n) is 1.30. The Kier molecular flexibility index (Phi) is 13.9. The molecule has 2 aromatic rings. The predicted octanol–water partition coefficient (Wildman–Crippen LogP) is 1.08. The maximum Gasteiger partial charge on any atom is 0.227 e. The van der Waals surface area contributed by atoms with Gasteiger partial charge in [0.25, 0.3) is 0 Å². The molecule has 0 aliphatic heterocycles. The zero-order valence-corrected chi connectivity index (χ0v) is 11.2. The molecule has 0 fully saturated rings. The SMILES string of the molecule is C.C.C.O=c1cc(CO)oc(CO)c1O.O=c1cc(CO)occ1O. The lowest BCUT2D eigenvalue weighted by Gasteiger charge is -2.00. The third-order valence-corrected chi connectivity index (χ3v) is 2.37. The summed E-state index contributed by atoms with van der Waals surface area (Å²) in [5, 5.41) is 43.2. The first kappa shape index (κ1) is 27.2.